The fourth-order valence-corrected chi connectivity index (χ4v) is 2.51. The predicted octanol–water partition coefficient (Wildman–Crippen LogP) is 4.23. The first-order valence-corrected chi connectivity index (χ1v) is 5.99. The van der Waals surface area contributed by atoms with Gasteiger partial charge in [0.1, 0.15) is 4.49 Å². The van der Waals surface area contributed by atoms with Crippen molar-refractivity contribution in [3.8, 4) is 0 Å². The second kappa shape index (κ2) is 5.29. The third-order valence-corrected chi connectivity index (χ3v) is 3.30. The SMILES string of the molecule is CCOC(=O)C1C(C=C(Cl)Cl)C1(C(F)(F)F)C(F)(F)F. The molecule has 20 heavy (non-hydrogen) atoms. The lowest BCUT2D eigenvalue weighted by Crippen LogP contribution is -2.42. The summed E-state index contributed by atoms with van der Waals surface area (Å²) < 4.78 is 80.9. The van der Waals surface area contributed by atoms with Crippen molar-refractivity contribution in [3.63, 3.8) is 0 Å². The maximum atomic E-state index is 12.9. The number of rotatable bonds is 3. The number of allylic oxidation sites excluding steroid dienone is 1. The summed E-state index contributed by atoms with van der Waals surface area (Å²) in [6.45, 7) is 0.925. The van der Waals surface area contributed by atoms with E-state index < -0.39 is 40.1 Å². The molecule has 116 valence electrons. The molecule has 1 aliphatic rings. The molecule has 10 heteroatoms. The van der Waals surface area contributed by atoms with Crippen molar-refractivity contribution >= 4 is 29.2 Å². The Morgan fingerprint density at radius 2 is 1.65 bits per heavy atom. The Labute approximate surface area is 119 Å². The largest absolute Gasteiger partial charge is 0.466 e. The highest BCUT2D eigenvalue weighted by atomic mass is 35.5. The standard InChI is InChI=1S/C10H8Cl2F6O2/c1-2-20-7(19)6-4(3-5(11)12)8(6,9(13,14)15)10(16,17)18/h3-4,6H,2H2,1H3. The Balaban J connectivity index is 3.34. The molecule has 0 aromatic heterocycles. The van der Waals surface area contributed by atoms with Gasteiger partial charge < -0.3 is 4.74 Å². The van der Waals surface area contributed by atoms with Crippen molar-refractivity contribution in [2.24, 2.45) is 17.3 Å². The number of hydrogen-bond acceptors (Lipinski definition) is 2. The molecule has 1 rings (SSSR count). The molecule has 2 unspecified atom stereocenters. The molecule has 0 radical (unpaired) electrons. The van der Waals surface area contributed by atoms with Crippen molar-refractivity contribution in [1.29, 1.82) is 0 Å². The Hall–Kier alpha value is -0.630. The highest BCUT2D eigenvalue weighted by molar-refractivity contribution is 6.55. The second-order valence-electron chi connectivity index (χ2n) is 4.08. The maximum absolute atomic E-state index is 12.9. The molecule has 2 atom stereocenters. The zero-order chi connectivity index (χ0) is 15.9. The third kappa shape index (κ3) is 2.59. The minimum Gasteiger partial charge on any atom is -0.466 e. The number of esters is 1. The zero-order valence-electron chi connectivity index (χ0n) is 9.78. The van der Waals surface area contributed by atoms with Gasteiger partial charge in [0, 0.05) is 5.92 Å². The van der Waals surface area contributed by atoms with E-state index in [0.29, 0.717) is 6.08 Å². The lowest BCUT2D eigenvalue weighted by molar-refractivity contribution is -0.308. The molecule has 2 nitrogen and oxygen atoms in total. The first-order chi connectivity index (χ1) is 8.91. The van der Waals surface area contributed by atoms with Crippen LogP contribution in [-0.4, -0.2) is 24.9 Å². The van der Waals surface area contributed by atoms with Crippen LogP contribution in [0.15, 0.2) is 10.6 Å². The summed E-state index contributed by atoms with van der Waals surface area (Å²) in [6, 6.07) is 0. The van der Waals surface area contributed by atoms with E-state index in [0.717, 1.165) is 0 Å². The molecule has 1 aliphatic carbocycles. The Bertz CT molecular complexity index is 410. The average Bonchev–Trinajstić information content (AvgIpc) is 2.85. The zero-order valence-corrected chi connectivity index (χ0v) is 11.3. The highest BCUT2D eigenvalue weighted by Gasteiger charge is 2.91. The predicted molar refractivity (Wildman–Crippen MR) is 57.9 cm³/mol. The Morgan fingerprint density at radius 1 is 1.20 bits per heavy atom. The van der Waals surface area contributed by atoms with Gasteiger partial charge in [0.25, 0.3) is 0 Å². The van der Waals surface area contributed by atoms with E-state index in [-0.39, 0.29) is 6.61 Å². The second-order valence-corrected chi connectivity index (χ2v) is 5.08. The fourth-order valence-electron chi connectivity index (χ4n) is 2.23. The van der Waals surface area contributed by atoms with E-state index in [1.807, 2.05) is 0 Å². The molecule has 0 aliphatic heterocycles. The van der Waals surface area contributed by atoms with Crippen LogP contribution in [0.5, 0.6) is 0 Å². The summed E-state index contributed by atoms with van der Waals surface area (Å²) in [5.74, 6) is -6.25. The molecule has 0 bridgehead atoms. The van der Waals surface area contributed by atoms with Crippen molar-refractivity contribution in [3.05, 3.63) is 10.6 Å². The van der Waals surface area contributed by atoms with Crippen LogP contribution >= 0.6 is 23.2 Å². The van der Waals surface area contributed by atoms with Crippen molar-refractivity contribution in [2.45, 2.75) is 19.3 Å². The Kier molecular flexibility index (Phi) is 4.61. The molecule has 0 saturated heterocycles. The topological polar surface area (TPSA) is 26.3 Å². The lowest BCUT2D eigenvalue weighted by Gasteiger charge is -2.24. The van der Waals surface area contributed by atoms with E-state index in [1.54, 1.807) is 0 Å². The number of alkyl halides is 6. The van der Waals surface area contributed by atoms with Crippen LogP contribution in [0.25, 0.3) is 0 Å². The lowest BCUT2D eigenvalue weighted by atomic mass is 10.0. The first-order valence-electron chi connectivity index (χ1n) is 5.24. The van der Waals surface area contributed by atoms with Gasteiger partial charge in [-0.1, -0.05) is 23.2 Å². The van der Waals surface area contributed by atoms with Crippen LogP contribution < -0.4 is 0 Å². The van der Waals surface area contributed by atoms with Crippen LogP contribution in [0.1, 0.15) is 6.92 Å². The quantitative estimate of drug-likeness (QED) is 0.565. The molecule has 0 spiro atoms. The van der Waals surface area contributed by atoms with Crippen LogP contribution in [-0.2, 0) is 9.53 Å². The van der Waals surface area contributed by atoms with Crippen molar-refractivity contribution < 1.29 is 35.9 Å². The smallest absolute Gasteiger partial charge is 0.404 e. The van der Waals surface area contributed by atoms with Gasteiger partial charge in [0.2, 0.25) is 0 Å². The van der Waals surface area contributed by atoms with E-state index >= 15 is 0 Å². The minimum absolute atomic E-state index is 0.341. The molecule has 0 heterocycles. The number of halogens is 8. The van der Waals surface area contributed by atoms with Crippen LogP contribution in [0.4, 0.5) is 26.3 Å². The fraction of sp³-hybridized carbons (Fsp3) is 0.700. The highest BCUT2D eigenvalue weighted by Crippen LogP contribution is 2.75. The molecule has 1 fully saturated rings. The van der Waals surface area contributed by atoms with Gasteiger partial charge >= 0.3 is 18.3 Å². The van der Waals surface area contributed by atoms with E-state index in [2.05, 4.69) is 4.74 Å². The summed E-state index contributed by atoms with van der Waals surface area (Å²) in [7, 11) is 0. The number of carbonyl (C=O) groups is 1. The maximum Gasteiger partial charge on any atom is 0.404 e. The van der Waals surface area contributed by atoms with Gasteiger partial charge in [0.15, 0.2) is 5.41 Å². The van der Waals surface area contributed by atoms with Gasteiger partial charge in [0.05, 0.1) is 12.5 Å². The molecule has 0 aromatic carbocycles. The minimum atomic E-state index is -5.69. The summed E-state index contributed by atoms with van der Waals surface area (Å²) in [5.41, 5.74) is -4.21. The summed E-state index contributed by atoms with van der Waals surface area (Å²) in [4.78, 5) is 11.4. The van der Waals surface area contributed by atoms with Crippen LogP contribution in [0.2, 0.25) is 0 Å². The van der Waals surface area contributed by atoms with Crippen molar-refractivity contribution in [2.75, 3.05) is 6.61 Å². The van der Waals surface area contributed by atoms with E-state index in [9.17, 15) is 31.1 Å². The van der Waals surface area contributed by atoms with Gasteiger partial charge in [-0.25, -0.2) is 0 Å². The first kappa shape index (κ1) is 17.4. The van der Waals surface area contributed by atoms with Crippen LogP contribution in [0, 0.1) is 17.3 Å². The number of ether oxygens (including phenoxy) is 1. The van der Waals surface area contributed by atoms with Crippen molar-refractivity contribution in [1.82, 2.24) is 0 Å². The summed E-state index contributed by atoms with van der Waals surface area (Å²) >= 11 is 10.3. The molecule has 0 amide bonds. The van der Waals surface area contributed by atoms with Gasteiger partial charge in [-0.3, -0.25) is 4.79 Å². The molecule has 1 saturated carbocycles. The van der Waals surface area contributed by atoms with Gasteiger partial charge in [-0.05, 0) is 13.0 Å². The van der Waals surface area contributed by atoms with Crippen LogP contribution in [0.3, 0.4) is 0 Å². The number of hydrogen-bond donors (Lipinski definition) is 0. The average molecular weight is 345 g/mol. The monoisotopic (exact) mass is 344 g/mol. The molecule has 0 N–H and O–H groups in total. The summed E-state index contributed by atoms with van der Waals surface area (Å²) in [5, 5.41) is 0. The molecular weight excluding hydrogens is 337 g/mol. The van der Waals surface area contributed by atoms with E-state index in [1.165, 1.54) is 6.92 Å². The normalized spacial score (nSPS) is 25.1. The third-order valence-electron chi connectivity index (χ3n) is 3.05. The molecular formula is C10H8Cl2F6O2. The van der Waals surface area contributed by atoms with Gasteiger partial charge in [-0.2, -0.15) is 26.3 Å². The van der Waals surface area contributed by atoms with Gasteiger partial charge in [-0.15, -0.1) is 0 Å². The number of carbonyl (C=O) groups excluding carboxylic acids is 1. The molecule has 0 aromatic rings. The van der Waals surface area contributed by atoms with E-state index in [4.69, 9.17) is 23.2 Å². The Morgan fingerprint density at radius 3 is 1.95 bits per heavy atom. The summed E-state index contributed by atoms with van der Waals surface area (Å²) in [6.07, 6.45) is -11.0.